The van der Waals surface area contributed by atoms with Gasteiger partial charge in [0.2, 0.25) is 0 Å². The van der Waals surface area contributed by atoms with E-state index in [1.54, 1.807) is 18.2 Å². The van der Waals surface area contributed by atoms with Crippen molar-refractivity contribution in [2.24, 2.45) is 0 Å². The maximum absolute atomic E-state index is 11.7. The van der Waals surface area contributed by atoms with Crippen LogP contribution in [0.25, 0.3) is 0 Å². The zero-order chi connectivity index (χ0) is 12.1. The number of nitrogens with one attached hydrogen (secondary N) is 1. The molecule has 0 aliphatic rings. The molecule has 0 unspecified atom stereocenters. The number of aliphatic hydroxyl groups excluding tert-OH is 2. The molecule has 0 spiro atoms. The van der Waals surface area contributed by atoms with Crippen LogP contribution in [-0.2, 0) is 0 Å². The summed E-state index contributed by atoms with van der Waals surface area (Å²) < 4.78 is 0.728. The van der Waals surface area contributed by atoms with Crippen molar-refractivity contribution in [3.8, 4) is 0 Å². The SMILES string of the molecule is O=C(NC(CO)CO)c1cc(Br)ccc1Cl. The van der Waals surface area contributed by atoms with E-state index in [4.69, 9.17) is 21.8 Å². The molecular weight excluding hydrogens is 297 g/mol. The van der Waals surface area contributed by atoms with Gasteiger partial charge in [0.25, 0.3) is 5.91 Å². The minimum atomic E-state index is -0.678. The lowest BCUT2D eigenvalue weighted by Crippen LogP contribution is -2.40. The van der Waals surface area contributed by atoms with Gasteiger partial charge in [0.1, 0.15) is 0 Å². The topological polar surface area (TPSA) is 69.6 Å². The molecule has 88 valence electrons. The number of hydrogen-bond acceptors (Lipinski definition) is 3. The molecule has 0 aliphatic heterocycles. The van der Waals surface area contributed by atoms with Crippen LogP contribution in [0, 0.1) is 0 Å². The monoisotopic (exact) mass is 307 g/mol. The Morgan fingerprint density at radius 1 is 1.44 bits per heavy atom. The van der Waals surface area contributed by atoms with E-state index in [2.05, 4.69) is 21.2 Å². The van der Waals surface area contributed by atoms with Crippen LogP contribution in [0.2, 0.25) is 5.02 Å². The zero-order valence-electron chi connectivity index (χ0n) is 8.28. The van der Waals surface area contributed by atoms with Crippen molar-refractivity contribution in [1.82, 2.24) is 5.32 Å². The molecule has 0 aliphatic carbocycles. The Bertz CT molecular complexity index is 382. The number of benzene rings is 1. The molecule has 16 heavy (non-hydrogen) atoms. The van der Waals surface area contributed by atoms with Gasteiger partial charge in [0.05, 0.1) is 29.8 Å². The molecule has 0 fully saturated rings. The van der Waals surface area contributed by atoms with Crippen LogP contribution >= 0.6 is 27.5 Å². The summed E-state index contributed by atoms with van der Waals surface area (Å²) >= 11 is 9.08. The second-order valence-corrected chi connectivity index (χ2v) is 4.48. The molecule has 0 saturated heterocycles. The van der Waals surface area contributed by atoms with Crippen molar-refractivity contribution in [3.63, 3.8) is 0 Å². The molecule has 0 atom stereocenters. The Balaban J connectivity index is 2.83. The van der Waals surface area contributed by atoms with Crippen LogP contribution in [0.15, 0.2) is 22.7 Å². The molecule has 1 aromatic carbocycles. The highest BCUT2D eigenvalue weighted by Crippen LogP contribution is 2.20. The molecule has 0 radical (unpaired) electrons. The van der Waals surface area contributed by atoms with Crippen molar-refractivity contribution >= 4 is 33.4 Å². The molecule has 1 rings (SSSR count). The minimum Gasteiger partial charge on any atom is -0.394 e. The smallest absolute Gasteiger partial charge is 0.253 e. The van der Waals surface area contributed by atoms with E-state index in [1.165, 1.54) is 0 Å². The maximum Gasteiger partial charge on any atom is 0.253 e. The number of rotatable bonds is 4. The third-order valence-electron chi connectivity index (χ3n) is 1.95. The van der Waals surface area contributed by atoms with Crippen LogP contribution in [0.3, 0.4) is 0 Å². The number of carbonyl (C=O) groups is 1. The quantitative estimate of drug-likeness (QED) is 0.782. The predicted molar refractivity (Wildman–Crippen MR) is 64.6 cm³/mol. The first-order valence-electron chi connectivity index (χ1n) is 4.56. The van der Waals surface area contributed by atoms with Gasteiger partial charge in [-0.15, -0.1) is 0 Å². The summed E-state index contributed by atoms with van der Waals surface area (Å²) in [6, 6.07) is 4.20. The highest BCUT2D eigenvalue weighted by atomic mass is 79.9. The maximum atomic E-state index is 11.7. The van der Waals surface area contributed by atoms with Gasteiger partial charge in [-0.05, 0) is 18.2 Å². The molecule has 4 nitrogen and oxygen atoms in total. The first-order valence-corrected chi connectivity index (χ1v) is 5.73. The fourth-order valence-electron chi connectivity index (χ4n) is 1.08. The fraction of sp³-hybridized carbons (Fsp3) is 0.300. The molecule has 0 heterocycles. The summed E-state index contributed by atoms with van der Waals surface area (Å²) in [4.78, 5) is 11.7. The second-order valence-electron chi connectivity index (χ2n) is 3.16. The lowest BCUT2D eigenvalue weighted by molar-refractivity contribution is 0.0879. The highest BCUT2D eigenvalue weighted by molar-refractivity contribution is 9.10. The van der Waals surface area contributed by atoms with Gasteiger partial charge in [-0.2, -0.15) is 0 Å². The second kappa shape index (κ2) is 6.20. The Labute approximate surface area is 106 Å². The van der Waals surface area contributed by atoms with Crippen LogP contribution in [0.4, 0.5) is 0 Å². The minimum absolute atomic E-state index is 0.294. The van der Waals surface area contributed by atoms with Gasteiger partial charge < -0.3 is 15.5 Å². The van der Waals surface area contributed by atoms with E-state index in [0.29, 0.717) is 10.6 Å². The van der Waals surface area contributed by atoms with E-state index in [-0.39, 0.29) is 13.2 Å². The molecule has 0 saturated carbocycles. The van der Waals surface area contributed by atoms with Gasteiger partial charge in [-0.3, -0.25) is 4.79 Å². The van der Waals surface area contributed by atoms with Crippen molar-refractivity contribution in [2.45, 2.75) is 6.04 Å². The summed E-state index contributed by atoms with van der Waals surface area (Å²) in [5, 5.41) is 20.4. The molecule has 3 N–H and O–H groups in total. The number of amides is 1. The third-order valence-corrected chi connectivity index (χ3v) is 2.77. The molecule has 6 heteroatoms. The number of halogens is 2. The lowest BCUT2D eigenvalue weighted by atomic mass is 10.2. The number of hydrogen-bond donors (Lipinski definition) is 3. The first-order chi connectivity index (χ1) is 7.58. The largest absolute Gasteiger partial charge is 0.394 e. The van der Waals surface area contributed by atoms with Crippen LogP contribution in [0.5, 0.6) is 0 Å². The van der Waals surface area contributed by atoms with E-state index < -0.39 is 11.9 Å². The Hall–Kier alpha value is -0.620. The van der Waals surface area contributed by atoms with Crippen LogP contribution < -0.4 is 5.32 Å². The molecule has 1 amide bonds. The third kappa shape index (κ3) is 3.45. The predicted octanol–water partition coefficient (Wildman–Crippen LogP) is 1.19. The van der Waals surface area contributed by atoms with Crippen molar-refractivity contribution < 1.29 is 15.0 Å². The highest BCUT2D eigenvalue weighted by Gasteiger charge is 2.14. The Morgan fingerprint density at radius 3 is 2.62 bits per heavy atom. The van der Waals surface area contributed by atoms with E-state index in [1.807, 2.05) is 0 Å². The normalized spacial score (nSPS) is 10.6. The summed E-state index contributed by atoms with van der Waals surface area (Å²) in [6.07, 6.45) is 0. The Kier molecular flexibility index (Phi) is 5.21. The zero-order valence-corrected chi connectivity index (χ0v) is 10.6. The van der Waals surface area contributed by atoms with Crippen molar-refractivity contribution in [2.75, 3.05) is 13.2 Å². The average molecular weight is 309 g/mol. The molecule has 1 aromatic rings. The average Bonchev–Trinajstić information content (AvgIpc) is 2.28. The van der Waals surface area contributed by atoms with Crippen molar-refractivity contribution in [1.29, 1.82) is 0 Å². The van der Waals surface area contributed by atoms with Crippen LogP contribution in [-0.4, -0.2) is 35.4 Å². The summed E-state index contributed by atoms with van der Waals surface area (Å²) in [7, 11) is 0. The molecular formula is C10H11BrClNO3. The first kappa shape index (κ1) is 13.4. The number of aliphatic hydroxyl groups is 2. The van der Waals surface area contributed by atoms with Gasteiger partial charge >= 0.3 is 0 Å². The van der Waals surface area contributed by atoms with Crippen LogP contribution in [0.1, 0.15) is 10.4 Å². The van der Waals surface area contributed by atoms with Gasteiger partial charge in [0, 0.05) is 4.47 Å². The summed E-state index contributed by atoms with van der Waals surface area (Å²) in [6.45, 7) is -0.651. The standard InChI is InChI=1S/C10H11BrClNO3/c11-6-1-2-9(12)8(3-6)10(16)13-7(4-14)5-15/h1-3,7,14-15H,4-5H2,(H,13,16). The van der Waals surface area contributed by atoms with Gasteiger partial charge in [-0.1, -0.05) is 27.5 Å². The van der Waals surface area contributed by atoms with E-state index in [9.17, 15) is 4.79 Å². The number of carbonyl (C=O) groups excluding carboxylic acids is 1. The molecule has 0 bridgehead atoms. The van der Waals surface area contributed by atoms with Gasteiger partial charge in [0.15, 0.2) is 0 Å². The van der Waals surface area contributed by atoms with E-state index >= 15 is 0 Å². The molecule has 0 aromatic heterocycles. The fourth-order valence-corrected chi connectivity index (χ4v) is 1.65. The summed E-state index contributed by atoms with van der Waals surface area (Å²) in [5.74, 6) is -0.431. The Morgan fingerprint density at radius 2 is 2.06 bits per heavy atom. The lowest BCUT2D eigenvalue weighted by Gasteiger charge is -2.14. The summed E-state index contributed by atoms with van der Waals surface area (Å²) in [5.41, 5.74) is 0.294. The van der Waals surface area contributed by atoms with E-state index in [0.717, 1.165) is 4.47 Å². The van der Waals surface area contributed by atoms with Crippen molar-refractivity contribution in [3.05, 3.63) is 33.3 Å². The van der Waals surface area contributed by atoms with Gasteiger partial charge in [-0.25, -0.2) is 0 Å².